The Bertz CT molecular complexity index is 401. The molecule has 0 aliphatic carbocycles. The first-order valence-corrected chi connectivity index (χ1v) is 6.36. The van der Waals surface area contributed by atoms with Crippen molar-refractivity contribution in [1.29, 1.82) is 0 Å². The Balaban J connectivity index is 1.90. The summed E-state index contributed by atoms with van der Waals surface area (Å²) in [5.41, 5.74) is 6.87. The van der Waals surface area contributed by atoms with Gasteiger partial charge < -0.3 is 10.6 Å². The van der Waals surface area contributed by atoms with Gasteiger partial charge in [0.05, 0.1) is 12.6 Å². The van der Waals surface area contributed by atoms with E-state index in [1.54, 1.807) is 4.90 Å². The molecule has 1 atom stereocenters. The van der Waals surface area contributed by atoms with Crippen LogP contribution < -0.4 is 5.73 Å². The highest BCUT2D eigenvalue weighted by Crippen LogP contribution is 2.18. The Labute approximate surface area is 108 Å². The molecule has 0 radical (unpaired) electrons. The van der Waals surface area contributed by atoms with Gasteiger partial charge in [-0.05, 0) is 12.5 Å². The van der Waals surface area contributed by atoms with E-state index < -0.39 is 0 Å². The summed E-state index contributed by atoms with van der Waals surface area (Å²) in [4.78, 5) is 16.0. The number of rotatable bonds is 4. The monoisotopic (exact) mass is 247 g/mol. The summed E-state index contributed by atoms with van der Waals surface area (Å²) in [5, 5.41) is 0. The smallest absolute Gasteiger partial charge is 0.236 e. The number of hydrogen-bond donors (Lipinski definition) is 1. The first-order chi connectivity index (χ1) is 8.58. The predicted molar refractivity (Wildman–Crippen MR) is 72.0 cm³/mol. The first kappa shape index (κ1) is 13.1. The number of hydrogen-bond acceptors (Lipinski definition) is 3. The fourth-order valence-electron chi connectivity index (χ4n) is 2.21. The standard InChI is InChI=1S/C14H21N3O/c1-11(12-6-4-3-5-7-12)16(2)14(18)10-17-8-13(15)9-17/h3-7,11,13H,8-10,15H2,1-2H3. The zero-order chi connectivity index (χ0) is 13.1. The predicted octanol–water partition coefficient (Wildman–Crippen LogP) is 0.849. The van der Waals surface area contributed by atoms with Gasteiger partial charge in [-0.15, -0.1) is 0 Å². The molecule has 98 valence electrons. The van der Waals surface area contributed by atoms with Crippen LogP contribution in [-0.2, 0) is 4.79 Å². The summed E-state index contributed by atoms with van der Waals surface area (Å²) in [6, 6.07) is 10.4. The van der Waals surface area contributed by atoms with Crippen molar-refractivity contribution in [3.05, 3.63) is 35.9 Å². The molecule has 4 heteroatoms. The SMILES string of the molecule is CC(c1ccccc1)N(C)C(=O)CN1CC(N)C1. The maximum absolute atomic E-state index is 12.1. The van der Waals surface area contributed by atoms with Crippen molar-refractivity contribution >= 4 is 5.91 Å². The molecule has 1 aromatic carbocycles. The fraction of sp³-hybridized carbons (Fsp3) is 0.500. The molecule has 1 amide bonds. The number of likely N-dealkylation sites (tertiary alicyclic amines) is 1. The number of benzene rings is 1. The molecule has 2 rings (SSSR count). The van der Waals surface area contributed by atoms with E-state index in [1.165, 1.54) is 0 Å². The molecule has 2 N–H and O–H groups in total. The Morgan fingerprint density at radius 2 is 2.06 bits per heavy atom. The first-order valence-electron chi connectivity index (χ1n) is 6.36. The number of nitrogens with zero attached hydrogens (tertiary/aromatic N) is 2. The molecule has 0 saturated carbocycles. The van der Waals surface area contributed by atoms with Crippen molar-refractivity contribution in [3.8, 4) is 0 Å². The molecule has 1 fully saturated rings. The lowest BCUT2D eigenvalue weighted by Gasteiger charge is -2.37. The number of amides is 1. The van der Waals surface area contributed by atoms with Gasteiger partial charge in [0.2, 0.25) is 5.91 Å². The van der Waals surface area contributed by atoms with Crippen LogP contribution in [-0.4, -0.2) is 48.4 Å². The zero-order valence-electron chi connectivity index (χ0n) is 11.0. The van der Waals surface area contributed by atoms with Crippen LogP contribution in [0.2, 0.25) is 0 Å². The molecule has 18 heavy (non-hydrogen) atoms. The maximum atomic E-state index is 12.1. The number of carbonyl (C=O) groups excluding carboxylic acids is 1. The van der Waals surface area contributed by atoms with E-state index in [1.807, 2.05) is 37.4 Å². The van der Waals surface area contributed by atoms with Crippen molar-refractivity contribution < 1.29 is 4.79 Å². The summed E-state index contributed by atoms with van der Waals surface area (Å²) in [5.74, 6) is 0.151. The van der Waals surface area contributed by atoms with Crippen LogP contribution in [0, 0.1) is 0 Å². The fourth-order valence-corrected chi connectivity index (χ4v) is 2.21. The highest BCUT2D eigenvalue weighted by Gasteiger charge is 2.27. The summed E-state index contributed by atoms with van der Waals surface area (Å²) in [6.07, 6.45) is 0. The van der Waals surface area contributed by atoms with E-state index in [0.717, 1.165) is 18.7 Å². The van der Waals surface area contributed by atoms with Crippen LogP contribution in [0.5, 0.6) is 0 Å². The average Bonchev–Trinajstić information content (AvgIpc) is 2.36. The molecule has 0 spiro atoms. The number of likely N-dealkylation sites (N-methyl/N-ethyl adjacent to an activating group) is 1. The van der Waals surface area contributed by atoms with Gasteiger partial charge in [-0.3, -0.25) is 9.69 Å². The second kappa shape index (κ2) is 5.50. The lowest BCUT2D eigenvalue weighted by molar-refractivity contribution is -0.134. The van der Waals surface area contributed by atoms with Crippen LogP contribution in [0.25, 0.3) is 0 Å². The average molecular weight is 247 g/mol. The Morgan fingerprint density at radius 3 is 2.61 bits per heavy atom. The van der Waals surface area contributed by atoms with Crippen molar-refractivity contribution in [2.45, 2.75) is 19.0 Å². The van der Waals surface area contributed by atoms with Gasteiger partial charge >= 0.3 is 0 Å². The topological polar surface area (TPSA) is 49.6 Å². The van der Waals surface area contributed by atoms with E-state index in [9.17, 15) is 4.79 Å². The normalized spacial score (nSPS) is 18.2. The van der Waals surface area contributed by atoms with E-state index in [2.05, 4.69) is 11.8 Å². The second-order valence-electron chi connectivity index (χ2n) is 5.05. The molecular formula is C14H21N3O. The summed E-state index contributed by atoms with van der Waals surface area (Å²) >= 11 is 0. The molecular weight excluding hydrogens is 226 g/mol. The van der Waals surface area contributed by atoms with Crippen molar-refractivity contribution in [1.82, 2.24) is 9.80 Å². The molecule has 1 aliphatic rings. The second-order valence-corrected chi connectivity index (χ2v) is 5.05. The molecule has 4 nitrogen and oxygen atoms in total. The van der Waals surface area contributed by atoms with Gasteiger partial charge in [-0.25, -0.2) is 0 Å². The van der Waals surface area contributed by atoms with E-state index in [-0.39, 0.29) is 18.0 Å². The van der Waals surface area contributed by atoms with Gasteiger partial charge in [0.1, 0.15) is 0 Å². The lowest BCUT2D eigenvalue weighted by Crippen LogP contribution is -2.58. The van der Waals surface area contributed by atoms with Gasteiger partial charge in [0.15, 0.2) is 0 Å². The third kappa shape index (κ3) is 2.89. The summed E-state index contributed by atoms with van der Waals surface area (Å²) in [7, 11) is 1.86. The molecule has 1 aromatic rings. The molecule has 1 heterocycles. The van der Waals surface area contributed by atoms with Crippen molar-refractivity contribution in [2.75, 3.05) is 26.7 Å². The maximum Gasteiger partial charge on any atom is 0.236 e. The molecule has 1 unspecified atom stereocenters. The van der Waals surface area contributed by atoms with Crippen LogP contribution in [0.1, 0.15) is 18.5 Å². The minimum Gasteiger partial charge on any atom is -0.338 e. The highest BCUT2D eigenvalue weighted by molar-refractivity contribution is 5.78. The number of nitrogens with two attached hydrogens (primary N) is 1. The van der Waals surface area contributed by atoms with E-state index in [4.69, 9.17) is 5.73 Å². The third-order valence-electron chi connectivity index (χ3n) is 3.60. The molecule has 0 bridgehead atoms. The third-order valence-corrected chi connectivity index (χ3v) is 3.60. The van der Waals surface area contributed by atoms with Crippen molar-refractivity contribution in [3.63, 3.8) is 0 Å². The Hall–Kier alpha value is -1.39. The highest BCUT2D eigenvalue weighted by atomic mass is 16.2. The van der Waals surface area contributed by atoms with E-state index >= 15 is 0 Å². The van der Waals surface area contributed by atoms with Crippen LogP contribution >= 0.6 is 0 Å². The van der Waals surface area contributed by atoms with E-state index in [0.29, 0.717) is 6.54 Å². The lowest BCUT2D eigenvalue weighted by atomic mass is 10.1. The van der Waals surface area contributed by atoms with Gasteiger partial charge in [-0.1, -0.05) is 30.3 Å². The summed E-state index contributed by atoms with van der Waals surface area (Å²) < 4.78 is 0. The Kier molecular flexibility index (Phi) is 3.99. The van der Waals surface area contributed by atoms with Gasteiger partial charge in [-0.2, -0.15) is 0 Å². The minimum atomic E-state index is 0.105. The Morgan fingerprint density at radius 1 is 1.44 bits per heavy atom. The quantitative estimate of drug-likeness (QED) is 0.858. The van der Waals surface area contributed by atoms with Crippen LogP contribution in [0.3, 0.4) is 0 Å². The van der Waals surface area contributed by atoms with Crippen molar-refractivity contribution in [2.24, 2.45) is 5.73 Å². The van der Waals surface area contributed by atoms with Crippen LogP contribution in [0.15, 0.2) is 30.3 Å². The summed E-state index contributed by atoms with van der Waals surface area (Å²) in [6.45, 7) is 4.19. The zero-order valence-corrected chi connectivity index (χ0v) is 11.0. The molecule has 1 saturated heterocycles. The number of carbonyl (C=O) groups is 1. The molecule has 0 aromatic heterocycles. The largest absolute Gasteiger partial charge is 0.338 e. The van der Waals surface area contributed by atoms with Gasteiger partial charge in [0, 0.05) is 26.2 Å². The minimum absolute atomic E-state index is 0.105. The molecule has 1 aliphatic heterocycles. The van der Waals surface area contributed by atoms with Gasteiger partial charge in [0.25, 0.3) is 0 Å². The van der Waals surface area contributed by atoms with Crippen LogP contribution in [0.4, 0.5) is 0 Å².